The lowest BCUT2D eigenvalue weighted by Crippen LogP contribution is -2.22. The van der Waals surface area contributed by atoms with E-state index in [-0.39, 0.29) is 12.8 Å². The van der Waals surface area contributed by atoms with Crippen LogP contribution >= 0.6 is 0 Å². The largest absolute Gasteiger partial charge is 0.469 e. The van der Waals surface area contributed by atoms with Crippen LogP contribution in [0, 0.1) is 0 Å². The van der Waals surface area contributed by atoms with E-state index in [1.165, 1.54) is 0 Å². The summed E-state index contributed by atoms with van der Waals surface area (Å²) in [7, 11) is -2.96. The minimum atomic E-state index is -5.19. The molecule has 9 heteroatoms. The van der Waals surface area contributed by atoms with Crippen LogP contribution in [0.3, 0.4) is 0 Å². The molecule has 7 nitrogen and oxygen atoms in total. The van der Waals surface area contributed by atoms with Crippen molar-refractivity contribution >= 4 is 22.4 Å². The van der Waals surface area contributed by atoms with Crippen LogP contribution in [0.1, 0.15) is 19.3 Å². The van der Waals surface area contributed by atoms with Gasteiger partial charge in [-0.1, -0.05) is 3.89 Å². The molecule has 0 radical (unpaired) electrons. The van der Waals surface area contributed by atoms with E-state index >= 15 is 0 Å². The van der Waals surface area contributed by atoms with Crippen molar-refractivity contribution in [2.24, 2.45) is 0 Å². The normalized spacial score (nSPS) is 12.9. The highest BCUT2D eigenvalue weighted by Crippen LogP contribution is 2.13. The van der Waals surface area contributed by atoms with Crippen LogP contribution in [0.5, 0.6) is 0 Å². The lowest BCUT2D eigenvalue weighted by atomic mass is 10.1. The van der Waals surface area contributed by atoms with Crippen molar-refractivity contribution in [3.8, 4) is 0 Å². The second kappa shape index (κ2) is 7.17. The van der Waals surface area contributed by atoms with E-state index in [0.717, 1.165) is 14.2 Å². The molecule has 0 spiro atoms. The first-order chi connectivity index (χ1) is 7.78. The van der Waals surface area contributed by atoms with Crippen molar-refractivity contribution in [2.45, 2.75) is 25.4 Å². The van der Waals surface area contributed by atoms with Gasteiger partial charge in [-0.25, -0.2) is 4.18 Å². The molecule has 0 heterocycles. The van der Waals surface area contributed by atoms with Crippen molar-refractivity contribution in [3.63, 3.8) is 0 Å². The molecule has 0 amide bonds. The Morgan fingerprint density at radius 2 is 1.71 bits per heavy atom. The lowest BCUT2D eigenvalue weighted by Gasteiger charge is -2.12. The van der Waals surface area contributed by atoms with Crippen molar-refractivity contribution in [1.29, 1.82) is 0 Å². The number of carbonyl (C=O) groups is 2. The Hall–Kier alpha value is -1.22. The van der Waals surface area contributed by atoms with Crippen LogP contribution in [0.4, 0.5) is 3.89 Å². The van der Waals surface area contributed by atoms with Gasteiger partial charge in [-0.05, 0) is 6.42 Å². The van der Waals surface area contributed by atoms with Gasteiger partial charge in [0.2, 0.25) is 0 Å². The smallest absolute Gasteiger partial charge is 0.437 e. The minimum Gasteiger partial charge on any atom is -0.469 e. The summed E-state index contributed by atoms with van der Waals surface area (Å²) in [5.74, 6) is -1.40. The highest BCUT2D eigenvalue weighted by atomic mass is 32.3. The molecule has 0 aromatic heterocycles. The number of ether oxygens (including phenoxy) is 2. The fourth-order valence-electron chi connectivity index (χ4n) is 0.997. The predicted molar refractivity (Wildman–Crippen MR) is 52.8 cm³/mol. The van der Waals surface area contributed by atoms with Crippen LogP contribution in [-0.4, -0.2) is 40.7 Å². The van der Waals surface area contributed by atoms with Crippen LogP contribution in [-0.2, 0) is 33.7 Å². The Labute approximate surface area is 98.3 Å². The van der Waals surface area contributed by atoms with E-state index in [0.29, 0.717) is 0 Å². The Morgan fingerprint density at radius 1 is 1.18 bits per heavy atom. The molecular weight excluding hydrogens is 259 g/mol. The molecule has 0 aromatic carbocycles. The van der Waals surface area contributed by atoms with Gasteiger partial charge in [0.15, 0.2) is 0 Å². The average molecular weight is 272 g/mol. The number of rotatable bonds is 7. The summed E-state index contributed by atoms with van der Waals surface area (Å²) < 4.78 is 45.4. The second-order valence-electron chi connectivity index (χ2n) is 3.01. The number of esters is 2. The zero-order chi connectivity index (χ0) is 13.5. The zero-order valence-corrected chi connectivity index (χ0v) is 10.2. The lowest BCUT2D eigenvalue weighted by molar-refractivity contribution is -0.144. The number of methoxy groups -OCH3 is 2. The van der Waals surface area contributed by atoms with Gasteiger partial charge in [0.25, 0.3) is 0 Å². The zero-order valence-electron chi connectivity index (χ0n) is 9.34. The standard InChI is InChI=1S/C8H13FO7S/c1-14-7(10)4-3-6(5-8(11)15-2)16-17(9,12)13/h6H,3-5H2,1-2H3/t6-/m1/s1. The molecule has 1 atom stereocenters. The van der Waals surface area contributed by atoms with Crippen LogP contribution in [0.25, 0.3) is 0 Å². The highest BCUT2D eigenvalue weighted by Gasteiger charge is 2.23. The topological polar surface area (TPSA) is 96.0 Å². The van der Waals surface area contributed by atoms with Crippen LogP contribution in [0.15, 0.2) is 0 Å². The summed E-state index contributed by atoms with van der Waals surface area (Å²) in [6, 6.07) is 0. The molecular formula is C8H13FO7S. The molecule has 0 rings (SSSR count). The Morgan fingerprint density at radius 3 is 2.12 bits per heavy atom. The molecule has 17 heavy (non-hydrogen) atoms. The van der Waals surface area contributed by atoms with Gasteiger partial charge in [0, 0.05) is 6.42 Å². The SMILES string of the molecule is COC(=O)CC[C@H](CC(=O)OC)OS(=O)(=O)F. The van der Waals surface area contributed by atoms with E-state index in [1.807, 2.05) is 0 Å². The quantitative estimate of drug-likeness (QED) is 0.479. The Kier molecular flexibility index (Phi) is 6.66. The Bertz CT molecular complexity index is 364. The first-order valence-corrected chi connectivity index (χ1v) is 5.86. The molecule has 0 aliphatic carbocycles. The van der Waals surface area contributed by atoms with Crippen molar-refractivity contribution in [3.05, 3.63) is 0 Å². The maximum absolute atomic E-state index is 12.3. The number of hydrogen-bond donors (Lipinski definition) is 0. The molecule has 100 valence electrons. The molecule has 0 bridgehead atoms. The van der Waals surface area contributed by atoms with Gasteiger partial charge in [-0.2, -0.15) is 8.42 Å². The number of halogens is 1. The maximum Gasteiger partial charge on any atom is 0.437 e. The van der Waals surface area contributed by atoms with Gasteiger partial charge in [0.05, 0.1) is 26.7 Å². The monoisotopic (exact) mass is 272 g/mol. The van der Waals surface area contributed by atoms with Crippen molar-refractivity contribution < 1.29 is 35.5 Å². The van der Waals surface area contributed by atoms with Crippen molar-refractivity contribution in [1.82, 2.24) is 0 Å². The van der Waals surface area contributed by atoms with Gasteiger partial charge in [0.1, 0.15) is 0 Å². The molecule has 0 fully saturated rings. The Balaban J connectivity index is 4.40. The summed E-state index contributed by atoms with van der Waals surface area (Å²) in [6.07, 6.45) is -2.15. The van der Waals surface area contributed by atoms with E-state index in [9.17, 15) is 21.9 Å². The molecule has 0 aliphatic rings. The predicted octanol–water partition coefficient (Wildman–Crippen LogP) is 0.102. The third-order valence-corrected chi connectivity index (χ3v) is 2.27. The van der Waals surface area contributed by atoms with Gasteiger partial charge in [-0.3, -0.25) is 9.59 Å². The van der Waals surface area contributed by atoms with E-state index < -0.39 is 35.0 Å². The van der Waals surface area contributed by atoms with E-state index in [2.05, 4.69) is 13.7 Å². The molecule has 0 aliphatic heterocycles. The van der Waals surface area contributed by atoms with Crippen LogP contribution in [0.2, 0.25) is 0 Å². The van der Waals surface area contributed by atoms with Crippen LogP contribution < -0.4 is 0 Å². The van der Waals surface area contributed by atoms with Gasteiger partial charge < -0.3 is 9.47 Å². The molecule has 0 saturated carbocycles. The molecule has 0 N–H and O–H groups in total. The third-order valence-electron chi connectivity index (χ3n) is 1.77. The fraction of sp³-hybridized carbons (Fsp3) is 0.750. The minimum absolute atomic E-state index is 0.176. The van der Waals surface area contributed by atoms with Gasteiger partial charge in [-0.15, -0.1) is 0 Å². The number of carbonyl (C=O) groups excluding carboxylic acids is 2. The molecule has 0 saturated heterocycles. The summed E-state index contributed by atoms with van der Waals surface area (Å²) >= 11 is 0. The summed E-state index contributed by atoms with van der Waals surface area (Å²) in [5.41, 5.74) is 0. The maximum atomic E-state index is 12.3. The summed E-state index contributed by atoms with van der Waals surface area (Å²) in [4.78, 5) is 21.7. The second-order valence-corrected chi connectivity index (χ2v) is 3.99. The van der Waals surface area contributed by atoms with E-state index in [1.54, 1.807) is 0 Å². The highest BCUT2D eigenvalue weighted by molar-refractivity contribution is 7.81. The number of hydrogen-bond acceptors (Lipinski definition) is 7. The van der Waals surface area contributed by atoms with E-state index in [4.69, 9.17) is 0 Å². The first kappa shape index (κ1) is 15.8. The molecule has 0 unspecified atom stereocenters. The summed E-state index contributed by atoms with van der Waals surface area (Å²) in [5, 5.41) is 0. The van der Waals surface area contributed by atoms with Crippen molar-refractivity contribution in [2.75, 3.05) is 14.2 Å². The summed E-state index contributed by atoms with van der Waals surface area (Å²) in [6.45, 7) is 0. The molecule has 0 aromatic rings. The third kappa shape index (κ3) is 8.57. The average Bonchev–Trinajstić information content (AvgIpc) is 2.23. The van der Waals surface area contributed by atoms with Gasteiger partial charge >= 0.3 is 22.4 Å². The first-order valence-electron chi connectivity index (χ1n) is 4.55. The fourth-order valence-corrected chi connectivity index (χ4v) is 1.49.